The lowest BCUT2D eigenvalue weighted by Gasteiger charge is -2.02. The third kappa shape index (κ3) is 1.87. The van der Waals surface area contributed by atoms with Crippen molar-refractivity contribution in [3.8, 4) is 0 Å². The van der Waals surface area contributed by atoms with Crippen molar-refractivity contribution in [2.24, 2.45) is 5.73 Å². The van der Waals surface area contributed by atoms with Crippen LogP contribution >= 0.6 is 0 Å². The Labute approximate surface area is 80.7 Å². The molecule has 0 spiro atoms. The second-order valence-corrected chi connectivity index (χ2v) is 2.82. The quantitative estimate of drug-likeness (QED) is 0.580. The Morgan fingerprint density at radius 2 is 2.21 bits per heavy atom. The first-order valence-electron chi connectivity index (χ1n) is 4.13. The van der Waals surface area contributed by atoms with Gasteiger partial charge in [-0.3, -0.25) is 14.9 Å². The lowest BCUT2D eigenvalue weighted by atomic mass is 10.0. The van der Waals surface area contributed by atoms with E-state index in [4.69, 9.17) is 5.73 Å². The summed E-state index contributed by atoms with van der Waals surface area (Å²) in [5, 5.41) is 10.4. The molecule has 0 bridgehead atoms. The molecule has 0 aromatic heterocycles. The summed E-state index contributed by atoms with van der Waals surface area (Å²) in [6, 6.07) is 4.13. The van der Waals surface area contributed by atoms with Gasteiger partial charge in [-0.25, -0.2) is 0 Å². The highest BCUT2D eigenvalue weighted by atomic mass is 16.6. The third-order valence-electron chi connectivity index (χ3n) is 1.95. The molecule has 14 heavy (non-hydrogen) atoms. The zero-order chi connectivity index (χ0) is 10.7. The van der Waals surface area contributed by atoms with Crippen LogP contribution in [-0.2, 0) is 6.42 Å². The highest BCUT2D eigenvalue weighted by Gasteiger charge is 2.12. The van der Waals surface area contributed by atoms with Crippen LogP contribution in [0.15, 0.2) is 18.2 Å². The summed E-state index contributed by atoms with van der Waals surface area (Å²) in [7, 11) is 0. The number of hydrogen-bond acceptors (Lipinski definition) is 3. The zero-order valence-electron chi connectivity index (χ0n) is 7.69. The van der Waals surface area contributed by atoms with Crippen LogP contribution in [0.4, 0.5) is 5.69 Å². The number of carbonyl (C=O) groups is 1. The van der Waals surface area contributed by atoms with Gasteiger partial charge in [-0.2, -0.15) is 0 Å². The average Bonchev–Trinajstić information content (AvgIpc) is 2.16. The maximum atomic E-state index is 11.0. The standard InChI is InChI=1S/C9H10N2O3/c1-2-6-3-4-7(11(13)14)5-8(6)9(10)12/h3-5H,2H2,1H3,(H2,10,12). The number of nitro groups is 1. The summed E-state index contributed by atoms with van der Waals surface area (Å²) in [6.45, 7) is 1.85. The molecule has 0 aliphatic carbocycles. The van der Waals surface area contributed by atoms with E-state index in [0.717, 1.165) is 5.56 Å². The molecule has 0 heterocycles. The molecule has 5 heteroatoms. The summed E-state index contributed by atoms with van der Waals surface area (Å²) in [4.78, 5) is 20.8. The van der Waals surface area contributed by atoms with Gasteiger partial charge in [0.15, 0.2) is 0 Å². The van der Waals surface area contributed by atoms with E-state index in [-0.39, 0.29) is 11.3 Å². The minimum Gasteiger partial charge on any atom is -0.366 e. The van der Waals surface area contributed by atoms with E-state index in [1.54, 1.807) is 6.07 Å². The molecule has 0 aliphatic rings. The Hall–Kier alpha value is -1.91. The molecule has 2 N–H and O–H groups in total. The molecule has 0 unspecified atom stereocenters. The number of aryl methyl sites for hydroxylation is 1. The highest BCUT2D eigenvalue weighted by molar-refractivity contribution is 5.95. The summed E-state index contributed by atoms with van der Waals surface area (Å²) >= 11 is 0. The van der Waals surface area contributed by atoms with Gasteiger partial charge in [0.2, 0.25) is 5.91 Å². The van der Waals surface area contributed by atoms with Crippen molar-refractivity contribution < 1.29 is 9.72 Å². The van der Waals surface area contributed by atoms with Gasteiger partial charge in [0, 0.05) is 17.7 Å². The van der Waals surface area contributed by atoms with Crippen molar-refractivity contribution >= 4 is 11.6 Å². The molecule has 1 amide bonds. The fourth-order valence-electron chi connectivity index (χ4n) is 1.22. The predicted molar refractivity (Wildman–Crippen MR) is 51.0 cm³/mol. The first-order chi connectivity index (χ1) is 6.56. The molecule has 0 radical (unpaired) electrons. The number of primary amides is 1. The van der Waals surface area contributed by atoms with Gasteiger partial charge in [-0.1, -0.05) is 13.0 Å². The SMILES string of the molecule is CCc1ccc([N+](=O)[O-])cc1C(N)=O. The van der Waals surface area contributed by atoms with E-state index in [1.807, 2.05) is 6.92 Å². The third-order valence-corrected chi connectivity index (χ3v) is 1.95. The van der Waals surface area contributed by atoms with E-state index in [1.165, 1.54) is 12.1 Å². The van der Waals surface area contributed by atoms with E-state index in [0.29, 0.717) is 6.42 Å². The predicted octanol–water partition coefficient (Wildman–Crippen LogP) is 1.26. The fraction of sp³-hybridized carbons (Fsp3) is 0.222. The van der Waals surface area contributed by atoms with Crippen LogP contribution in [0.1, 0.15) is 22.8 Å². The molecule has 0 saturated carbocycles. The Morgan fingerprint density at radius 1 is 1.57 bits per heavy atom. The minimum atomic E-state index is -0.634. The van der Waals surface area contributed by atoms with E-state index >= 15 is 0 Å². The average molecular weight is 194 g/mol. The van der Waals surface area contributed by atoms with Crippen molar-refractivity contribution in [3.63, 3.8) is 0 Å². The summed E-state index contributed by atoms with van der Waals surface area (Å²) < 4.78 is 0. The molecule has 1 rings (SSSR count). The van der Waals surface area contributed by atoms with Crippen molar-refractivity contribution in [2.75, 3.05) is 0 Å². The van der Waals surface area contributed by atoms with Gasteiger partial charge in [0.1, 0.15) is 0 Å². The van der Waals surface area contributed by atoms with E-state index < -0.39 is 10.8 Å². The van der Waals surface area contributed by atoms with Crippen LogP contribution in [0, 0.1) is 10.1 Å². The molecule has 5 nitrogen and oxygen atoms in total. The minimum absolute atomic E-state index is 0.115. The van der Waals surface area contributed by atoms with Gasteiger partial charge in [-0.15, -0.1) is 0 Å². The molecule has 0 saturated heterocycles. The second-order valence-electron chi connectivity index (χ2n) is 2.82. The van der Waals surface area contributed by atoms with Gasteiger partial charge in [-0.05, 0) is 12.0 Å². The van der Waals surface area contributed by atoms with E-state index in [2.05, 4.69) is 0 Å². The van der Waals surface area contributed by atoms with Gasteiger partial charge >= 0.3 is 0 Å². The van der Waals surface area contributed by atoms with Crippen molar-refractivity contribution in [2.45, 2.75) is 13.3 Å². The van der Waals surface area contributed by atoms with E-state index in [9.17, 15) is 14.9 Å². The molecule has 0 atom stereocenters. The van der Waals surface area contributed by atoms with Crippen LogP contribution in [0.5, 0.6) is 0 Å². The highest BCUT2D eigenvalue weighted by Crippen LogP contribution is 2.17. The fourth-order valence-corrected chi connectivity index (χ4v) is 1.22. The summed E-state index contributed by atoms with van der Waals surface area (Å²) in [5.41, 5.74) is 5.93. The smallest absolute Gasteiger partial charge is 0.270 e. The first kappa shape index (κ1) is 10.2. The monoisotopic (exact) mass is 194 g/mol. The van der Waals surface area contributed by atoms with Crippen LogP contribution in [-0.4, -0.2) is 10.8 Å². The number of nitrogens with two attached hydrogens (primary N) is 1. The molecular formula is C9H10N2O3. The summed E-state index contributed by atoms with van der Waals surface area (Å²) in [5.74, 6) is -0.634. The number of hydrogen-bond donors (Lipinski definition) is 1. The maximum Gasteiger partial charge on any atom is 0.270 e. The molecule has 1 aromatic rings. The van der Waals surface area contributed by atoms with Crippen LogP contribution in [0.2, 0.25) is 0 Å². The van der Waals surface area contributed by atoms with Gasteiger partial charge in [0.05, 0.1) is 4.92 Å². The Bertz CT molecular complexity index is 388. The normalized spacial score (nSPS) is 9.79. The summed E-state index contributed by atoms with van der Waals surface area (Å²) in [6.07, 6.45) is 0.621. The van der Waals surface area contributed by atoms with Gasteiger partial charge < -0.3 is 5.73 Å². The molecule has 74 valence electrons. The lowest BCUT2D eigenvalue weighted by Crippen LogP contribution is -2.13. The number of nitro benzene ring substituents is 1. The number of nitrogens with zero attached hydrogens (tertiary/aromatic N) is 1. The molecule has 0 aliphatic heterocycles. The number of amides is 1. The number of benzene rings is 1. The molecule has 0 fully saturated rings. The van der Waals surface area contributed by atoms with Crippen molar-refractivity contribution in [1.82, 2.24) is 0 Å². The second kappa shape index (κ2) is 3.87. The van der Waals surface area contributed by atoms with Gasteiger partial charge in [0.25, 0.3) is 5.69 Å². The van der Waals surface area contributed by atoms with Crippen LogP contribution < -0.4 is 5.73 Å². The largest absolute Gasteiger partial charge is 0.366 e. The molecule has 1 aromatic carbocycles. The lowest BCUT2D eigenvalue weighted by molar-refractivity contribution is -0.384. The first-order valence-corrected chi connectivity index (χ1v) is 4.13. The Kier molecular flexibility index (Phi) is 2.81. The van der Waals surface area contributed by atoms with Crippen LogP contribution in [0.25, 0.3) is 0 Å². The number of non-ortho nitro benzene ring substituents is 1. The Balaban J connectivity index is 3.27. The molecular weight excluding hydrogens is 184 g/mol. The maximum absolute atomic E-state index is 11.0. The zero-order valence-corrected chi connectivity index (χ0v) is 7.69. The van der Waals surface area contributed by atoms with Crippen LogP contribution in [0.3, 0.4) is 0 Å². The number of rotatable bonds is 3. The van der Waals surface area contributed by atoms with Crippen molar-refractivity contribution in [1.29, 1.82) is 0 Å². The number of carbonyl (C=O) groups excluding carboxylic acids is 1. The topological polar surface area (TPSA) is 86.2 Å². The van der Waals surface area contributed by atoms with Crippen molar-refractivity contribution in [3.05, 3.63) is 39.4 Å². The Morgan fingerprint density at radius 3 is 2.64 bits per heavy atom.